The lowest BCUT2D eigenvalue weighted by Gasteiger charge is -2.36. The Kier molecular flexibility index (Phi) is 4.58. The third-order valence-electron chi connectivity index (χ3n) is 3.19. The molecule has 1 fully saturated rings. The lowest BCUT2D eigenvalue weighted by molar-refractivity contribution is 0.0696. The van der Waals surface area contributed by atoms with Crippen molar-refractivity contribution in [1.82, 2.24) is 4.31 Å². The minimum atomic E-state index is -3.80. The smallest absolute Gasteiger partial charge is 0.335 e. The van der Waals surface area contributed by atoms with Gasteiger partial charge in [0, 0.05) is 23.6 Å². The maximum Gasteiger partial charge on any atom is 0.335 e. The molecule has 0 spiro atoms. The fourth-order valence-corrected chi connectivity index (χ4v) is 5.56. The number of hydrogen-bond donors (Lipinski definition) is 1. The Morgan fingerprint density at radius 3 is 2.67 bits per heavy atom. The predicted molar refractivity (Wildman–Crippen MR) is 83.7 cm³/mol. The average molecular weight is 350 g/mol. The molecule has 1 aliphatic heterocycles. The maximum atomic E-state index is 12.7. The van der Waals surface area contributed by atoms with Crippen LogP contribution in [0, 0.1) is 0 Å². The van der Waals surface area contributed by atoms with Gasteiger partial charge in [-0.2, -0.15) is 16.1 Å². The van der Waals surface area contributed by atoms with E-state index in [1.807, 2.05) is 13.8 Å². The van der Waals surface area contributed by atoms with Crippen LogP contribution < -0.4 is 0 Å². The van der Waals surface area contributed by atoms with Gasteiger partial charge in [0.2, 0.25) is 10.0 Å². The zero-order valence-corrected chi connectivity index (χ0v) is 14.1. The number of benzene rings is 1. The first-order valence-electron chi connectivity index (χ1n) is 6.30. The third-order valence-corrected chi connectivity index (χ3v) is 6.81. The van der Waals surface area contributed by atoms with Gasteiger partial charge in [0.05, 0.1) is 10.6 Å². The number of rotatable bonds is 3. The molecule has 0 saturated carbocycles. The second kappa shape index (κ2) is 5.79. The van der Waals surface area contributed by atoms with Crippen molar-refractivity contribution >= 4 is 39.4 Å². The van der Waals surface area contributed by atoms with E-state index in [0.717, 1.165) is 6.07 Å². The van der Waals surface area contributed by atoms with Gasteiger partial charge in [0.25, 0.3) is 0 Å². The Morgan fingerprint density at radius 1 is 1.43 bits per heavy atom. The fraction of sp³-hybridized carbons (Fsp3) is 0.462. The minimum Gasteiger partial charge on any atom is -0.478 e. The van der Waals surface area contributed by atoms with Crippen molar-refractivity contribution in [3.63, 3.8) is 0 Å². The van der Waals surface area contributed by atoms with E-state index in [-0.39, 0.29) is 20.2 Å². The van der Waals surface area contributed by atoms with Crippen molar-refractivity contribution in [2.45, 2.75) is 23.5 Å². The molecule has 8 heteroatoms. The lowest BCUT2D eigenvalue weighted by atomic mass is 10.2. The van der Waals surface area contributed by atoms with E-state index in [9.17, 15) is 13.2 Å². The van der Waals surface area contributed by atoms with Crippen LogP contribution in [0.4, 0.5) is 0 Å². The van der Waals surface area contributed by atoms with Gasteiger partial charge in [0.15, 0.2) is 0 Å². The molecule has 1 aliphatic rings. The molecular weight excluding hydrogens is 334 g/mol. The van der Waals surface area contributed by atoms with Gasteiger partial charge in [-0.15, -0.1) is 0 Å². The summed E-state index contributed by atoms with van der Waals surface area (Å²) in [7, 11) is -3.80. The van der Waals surface area contributed by atoms with E-state index in [1.165, 1.54) is 16.4 Å². The molecule has 1 heterocycles. The molecule has 1 aromatic rings. The van der Waals surface area contributed by atoms with E-state index in [0.29, 0.717) is 18.8 Å². The molecule has 0 aliphatic carbocycles. The highest BCUT2D eigenvalue weighted by Gasteiger charge is 2.35. The number of aromatic carboxylic acids is 1. The van der Waals surface area contributed by atoms with Gasteiger partial charge in [-0.3, -0.25) is 0 Å². The summed E-state index contributed by atoms with van der Waals surface area (Å²) in [5.74, 6) is -0.486. The summed E-state index contributed by atoms with van der Waals surface area (Å²) < 4.78 is 26.6. The van der Waals surface area contributed by atoms with Crippen LogP contribution in [0.3, 0.4) is 0 Å². The van der Waals surface area contributed by atoms with Crippen LogP contribution in [0.15, 0.2) is 23.1 Å². The second-order valence-electron chi connectivity index (χ2n) is 5.40. The van der Waals surface area contributed by atoms with Crippen LogP contribution in [0.1, 0.15) is 24.2 Å². The van der Waals surface area contributed by atoms with E-state index in [1.54, 1.807) is 11.8 Å². The minimum absolute atomic E-state index is 0.0380. The number of carboxylic acid groups (broad SMARTS) is 1. The molecule has 5 nitrogen and oxygen atoms in total. The van der Waals surface area contributed by atoms with E-state index in [4.69, 9.17) is 16.7 Å². The Balaban J connectivity index is 2.44. The summed E-state index contributed by atoms with van der Waals surface area (Å²) in [5.41, 5.74) is -0.0939. The van der Waals surface area contributed by atoms with Crippen molar-refractivity contribution in [3.8, 4) is 0 Å². The molecule has 1 saturated heterocycles. The zero-order chi connectivity index (χ0) is 15.8. The van der Waals surface area contributed by atoms with E-state index in [2.05, 4.69) is 0 Å². The molecular formula is C13H16ClNO4S2. The topological polar surface area (TPSA) is 74.7 Å². The molecule has 116 valence electrons. The fourth-order valence-electron chi connectivity index (χ4n) is 2.15. The molecule has 2 rings (SSSR count). The number of sulfonamides is 1. The third kappa shape index (κ3) is 3.53. The lowest BCUT2D eigenvalue weighted by Crippen LogP contribution is -2.46. The van der Waals surface area contributed by atoms with Crippen LogP contribution in [0.2, 0.25) is 5.02 Å². The number of halogens is 1. The Labute approximate surface area is 133 Å². The first kappa shape index (κ1) is 16.6. The summed E-state index contributed by atoms with van der Waals surface area (Å²) in [6.45, 7) is 4.72. The van der Waals surface area contributed by atoms with Crippen LogP contribution in [-0.2, 0) is 10.0 Å². The largest absolute Gasteiger partial charge is 0.478 e. The molecule has 1 aromatic carbocycles. The van der Waals surface area contributed by atoms with Gasteiger partial charge in [-0.25, -0.2) is 13.2 Å². The first-order valence-corrected chi connectivity index (χ1v) is 9.11. The monoisotopic (exact) mass is 349 g/mol. The normalized spacial score (nSPS) is 19.4. The van der Waals surface area contributed by atoms with Crippen molar-refractivity contribution in [2.24, 2.45) is 0 Å². The maximum absolute atomic E-state index is 12.7. The number of carbonyl (C=O) groups is 1. The van der Waals surface area contributed by atoms with Gasteiger partial charge in [-0.1, -0.05) is 11.6 Å². The zero-order valence-electron chi connectivity index (χ0n) is 11.7. The van der Waals surface area contributed by atoms with Crippen LogP contribution >= 0.6 is 23.4 Å². The highest BCUT2D eigenvalue weighted by Crippen LogP contribution is 2.34. The molecule has 1 N–H and O–H groups in total. The summed E-state index contributed by atoms with van der Waals surface area (Å²) in [6.07, 6.45) is 0. The Hall–Kier alpha value is -0.760. The molecule has 0 aromatic heterocycles. The summed E-state index contributed by atoms with van der Waals surface area (Å²) in [5, 5.41) is 9.04. The van der Waals surface area contributed by atoms with E-state index >= 15 is 0 Å². The van der Waals surface area contributed by atoms with E-state index < -0.39 is 16.0 Å². The Bertz CT molecular complexity index is 673. The van der Waals surface area contributed by atoms with Crippen LogP contribution in [0.25, 0.3) is 0 Å². The van der Waals surface area contributed by atoms with Gasteiger partial charge >= 0.3 is 5.97 Å². The molecule has 0 amide bonds. The highest BCUT2D eigenvalue weighted by atomic mass is 35.5. The molecule has 0 bridgehead atoms. The summed E-state index contributed by atoms with van der Waals surface area (Å²) in [4.78, 5) is 10.9. The van der Waals surface area contributed by atoms with Gasteiger partial charge in [-0.05, 0) is 32.0 Å². The molecule has 0 radical (unpaired) electrons. The quantitative estimate of drug-likeness (QED) is 0.907. The van der Waals surface area contributed by atoms with Crippen molar-refractivity contribution in [3.05, 3.63) is 28.8 Å². The number of carboxylic acids is 1. The van der Waals surface area contributed by atoms with Gasteiger partial charge in [0.1, 0.15) is 4.90 Å². The highest BCUT2D eigenvalue weighted by molar-refractivity contribution is 8.00. The first-order chi connectivity index (χ1) is 9.63. The second-order valence-corrected chi connectivity index (χ2v) is 9.51. The SMILES string of the molecule is CC1(C)CN(S(=O)(=O)c2cc(C(=O)O)ccc2Cl)CCS1. The average Bonchev–Trinajstić information content (AvgIpc) is 2.37. The standard InChI is InChI=1S/C13H16ClNO4S2/c1-13(2)8-15(5-6-20-13)21(18,19)11-7-9(12(16)17)3-4-10(11)14/h3-4,7H,5-6,8H2,1-2H3,(H,16,17). The number of thioether (sulfide) groups is 1. The summed E-state index contributed by atoms with van der Waals surface area (Å²) in [6, 6.07) is 3.72. The number of hydrogen-bond acceptors (Lipinski definition) is 4. The summed E-state index contributed by atoms with van der Waals surface area (Å²) >= 11 is 7.69. The molecule has 0 unspecified atom stereocenters. The Morgan fingerprint density at radius 2 is 2.10 bits per heavy atom. The van der Waals surface area contributed by atoms with Crippen molar-refractivity contribution in [2.75, 3.05) is 18.8 Å². The van der Waals surface area contributed by atoms with Crippen LogP contribution in [0.5, 0.6) is 0 Å². The predicted octanol–water partition coefficient (Wildman–Crippen LogP) is 2.55. The molecule has 0 atom stereocenters. The van der Waals surface area contributed by atoms with Crippen LogP contribution in [-0.4, -0.2) is 47.4 Å². The van der Waals surface area contributed by atoms with Gasteiger partial charge < -0.3 is 5.11 Å². The van der Waals surface area contributed by atoms with Crippen molar-refractivity contribution < 1.29 is 18.3 Å². The van der Waals surface area contributed by atoms with Crippen molar-refractivity contribution in [1.29, 1.82) is 0 Å². The number of nitrogens with zero attached hydrogens (tertiary/aromatic N) is 1. The molecule has 21 heavy (non-hydrogen) atoms.